The van der Waals surface area contributed by atoms with Gasteiger partial charge < -0.3 is 0 Å². The molecule has 0 amide bonds. The van der Waals surface area contributed by atoms with Crippen LogP contribution in [-0.4, -0.2) is 9.78 Å². The lowest BCUT2D eigenvalue weighted by molar-refractivity contribution is 0.864. The van der Waals surface area contributed by atoms with E-state index >= 15 is 0 Å². The Balaban J connectivity index is 2.64. The fourth-order valence-electron chi connectivity index (χ4n) is 1.67. The van der Waals surface area contributed by atoms with E-state index in [1.54, 1.807) is 6.20 Å². The molecule has 0 aliphatic rings. The van der Waals surface area contributed by atoms with Gasteiger partial charge in [0, 0.05) is 16.9 Å². The molecular formula is C11H11BrN2. The number of halogens is 1. The minimum atomic E-state index is 1.11. The largest absolute Gasteiger partial charge is 0.240 e. The van der Waals surface area contributed by atoms with E-state index in [9.17, 15) is 0 Å². The number of benzene rings is 1. The number of aromatic nitrogens is 2. The maximum Gasteiger partial charge on any atom is 0.0704 e. The lowest BCUT2D eigenvalue weighted by atomic mass is 10.1. The average Bonchev–Trinajstić information content (AvgIpc) is 2.54. The van der Waals surface area contributed by atoms with Crippen LogP contribution in [0.4, 0.5) is 0 Å². The van der Waals surface area contributed by atoms with Crippen molar-refractivity contribution in [3.8, 4) is 5.69 Å². The van der Waals surface area contributed by atoms with Gasteiger partial charge in [0.15, 0.2) is 0 Å². The predicted molar refractivity (Wildman–Crippen MR) is 60.7 cm³/mol. The van der Waals surface area contributed by atoms with E-state index in [4.69, 9.17) is 0 Å². The smallest absolute Gasteiger partial charge is 0.0704 e. The second-order valence-corrected chi connectivity index (χ2v) is 4.25. The third kappa shape index (κ3) is 1.60. The Hall–Kier alpha value is -1.09. The normalized spacial score (nSPS) is 10.5. The van der Waals surface area contributed by atoms with E-state index < -0.39 is 0 Å². The maximum absolute atomic E-state index is 4.24. The SMILES string of the molecule is Cc1cc(Br)cc(C)c1-n1cccn1. The molecule has 3 heteroatoms. The highest BCUT2D eigenvalue weighted by atomic mass is 79.9. The topological polar surface area (TPSA) is 17.8 Å². The molecule has 2 nitrogen and oxygen atoms in total. The Labute approximate surface area is 91.7 Å². The molecule has 0 aliphatic heterocycles. The van der Waals surface area contributed by atoms with Crippen molar-refractivity contribution in [3.63, 3.8) is 0 Å². The predicted octanol–water partition coefficient (Wildman–Crippen LogP) is 3.25. The van der Waals surface area contributed by atoms with Crippen LogP contribution < -0.4 is 0 Å². The second kappa shape index (κ2) is 3.58. The van der Waals surface area contributed by atoms with Gasteiger partial charge in [0.05, 0.1) is 5.69 Å². The summed E-state index contributed by atoms with van der Waals surface area (Å²) in [5.41, 5.74) is 3.61. The maximum atomic E-state index is 4.24. The first-order chi connectivity index (χ1) is 6.68. The first-order valence-corrected chi connectivity index (χ1v) is 5.24. The van der Waals surface area contributed by atoms with Crippen LogP contribution in [0.15, 0.2) is 35.1 Å². The molecule has 0 saturated heterocycles. The molecule has 0 fully saturated rings. The molecule has 0 unspecified atom stereocenters. The van der Waals surface area contributed by atoms with Gasteiger partial charge in [-0.1, -0.05) is 15.9 Å². The van der Waals surface area contributed by atoms with Crippen molar-refractivity contribution in [2.75, 3.05) is 0 Å². The van der Waals surface area contributed by atoms with Gasteiger partial charge in [0.2, 0.25) is 0 Å². The fourth-order valence-corrected chi connectivity index (χ4v) is 2.35. The van der Waals surface area contributed by atoms with E-state index in [-0.39, 0.29) is 0 Å². The van der Waals surface area contributed by atoms with Gasteiger partial charge >= 0.3 is 0 Å². The number of hydrogen-bond acceptors (Lipinski definition) is 1. The molecule has 0 N–H and O–H groups in total. The van der Waals surface area contributed by atoms with Crippen LogP contribution in [-0.2, 0) is 0 Å². The van der Waals surface area contributed by atoms with Crippen LogP contribution in [0.2, 0.25) is 0 Å². The van der Waals surface area contributed by atoms with Crippen LogP contribution in [0.3, 0.4) is 0 Å². The van der Waals surface area contributed by atoms with Gasteiger partial charge in [-0.25, -0.2) is 4.68 Å². The van der Waals surface area contributed by atoms with Crippen molar-refractivity contribution in [2.24, 2.45) is 0 Å². The Morgan fingerprint density at radius 1 is 1.21 bits per heavy atom. The van der Waals surface area contributed by atoms with Gasteiger partial charge in [-0.05, 0) is 43.2 Å². The summed E-state index contributed by atoms with van der Waals surface area (Å²) in [4.78, 5) is 0. The van der Waals surface area contributed by atoms with Crippen LogP contribution >= 0.6 is 15.9 Å². The summed E-state index contributed by atoms with van der Waals surface area (Å²) in [6, 6.07) is 6.13. The summed E-state index contributed by atoms with van der Waals surface area (Å²) in [7, 11) is 0. The van der Waals surface area contributed by atoms with E-state index in [1.165, 1.54) is 16.8 Å². The van der Waals surface area contributed by atoms with Gasteiger partial charge in [-0.2, -0.15) is 5.10 Å². The van der Waals surface area contributed by atoms with Crippen LogP contribution in [0.5, 0.6) is 0 Å². The third-order valence-corrected chi connectivity index (χ3v) is 2.65. The van der Waals surface area contributed by atoms with Crippen LogP contribution in [0, 0.1) is 13.8 Å². The molecule has 72 valence electrons. The summed E-state index contributed by atoms with van der Waals surface area (Å²) >= 11 is 3.48. The average molecular weight is 251 g/mol. The molecule has 14 heavy (non-hydrogen) atoms. The molecule has 0 saturated carbocycles. The quantitative estimate of drug-likeness (QED) is 0.760. The molecule has 2 rings (SSSR count). The highest BCUT2D eigenvalue weighted by molar-refractivity contribution is 9.10. The number of nitrogens with zero attached hydrogens (tertiary/aromatic N) is 2. The zero-order chi connectivity index (χ0) is 10.1. The Morgan fingerprint density at radius 2 is 1.86 bits per heavy atom. The van der Waals surface area contributed by atoms with Crippen molar-refractivity contribution in [1.82, 2.24) is 9.78 Å². The Kier molecular flexibility index (Phi) is 2.42. The minimum Gasteiger partial charge on any atom is -0.240 e. The van der Waals surface area contributed by atoms with Crippen molar-refractivity contribution in [2.45, 2.75) is 13.8 Å². The number of aryl methyl sites for hydroxylation is 2. The zero-order valence-electron chi connectivity index (χ0n) is 8.16. The third-order valence-electron chi connectivity index (χ3n) is 2.19. The standard InChI is InChI=1S/C11H11BrN2/c1-8-6-10(12)7-9(2)11(8)14-5-3-4-13-14/h3-7H,1-2H3. The Bertz CT molecular complexity index is 423. The summed E-state index contributed by atoms with van der Waals surface area (Å²) in [6.07, 6.45) is 3.75. The molecule has 0 spiro atoms. The van der Waals surface area contributed by atoms with Crippen molar-refractivity contribution in [1.29, 1.82) is 0 Å². The van der Waals surface area contributed by atoms with Crippen LogP contribution in [0.25, 0.3) is 5.69 Å². The number of hydrogen-bond donors (Lipinski definition) is 0. The van der Waals surface area contributed by atoms with Crippen molar-refractivity contribution in [3.05, 3.63) is 46.2 Å². The summed E-state index contributed by atoms with van der Waals surface area (Å²) in [5, 5.41) is 4.24. The summed E-state index contributed by atoms with van der Waals surface area (Å²) < 4.78 is 3.01. The van der Waals surface area contributed by atoms with E-state index in [0.717, 1.165) is 4.47 Å². The van der Waals surface area contributed by atoms with Gasteiger partial charge in [-0.3, -0.25) is 0 Å². The second-order valence-electron chi connectivity index (χ2n) is 3.34. The highest BCUT2D eigenvalue weighted by Crippen LogP contribution is 2.23. The highest BCUT2D eigenvalue weighted by Gasteiger charge is 2.05. The summed E-state index contributed by atoms with van der Waals surface area (Å²) in [5.74, 6) is 0. The first-order valence-electron chi connectivity index (χ1n) is 4.45. The molecule has 2 aromatic rings. The molecule has 0 radical (unpaired) electrons. The first kappa shape index (κ1) is 9.46. The molecule has 0 bridgehead atoms. The molecule has 1 aromatic carbocycles. The fraction of sp³-hybridized carbons (Fsp3) is 0.182. The van der Waals surface area contributed by atoms with E-state index in [0.29, 0.717) is 0 Å². The lowest BCUT2D eigenvalue weighted by Crippen LogP contribution is -2.00. The van der Waals surface area contributed by atoms with Gasteiger partial charge in [0.25, 0.3) is 0 Å². The minimum absolute atomic E-state index is 1.11. The van der Waals surface area contributed by atoms with Crippen molar-refractivity contribution < 1.29 is 0 Å². The monoisotopic (exact) mass is 250 g/mol. The van der Waals surface area contributed by atoms with Crippen molar-refractivity contribution >= 4 is 15.9 Å². The molecule has 1 heterocycles. The van der Waals surface area contributed by atoms with E-state index in [1.807, 2.05) is 16.9 Å². The van der Waals surface area contributed by atoms with Gasteiger partial charge in [-0.15, -0.1) is 0 Å². The zero-order valence-corrected chi connectivity index (χ0v) is 9.75. The Morgan fingerprint density at radius 3 is 2.36 bits per heavy atom. The lowest BCUT2D eigenvalue weighted by Gasteiger charge is -2.10. The molecule has 0 atom stereocenters. The summed E-state index contributed by atoms with van der Waals surface area (Å²) in [6.45, 7) is 4.18. The molecule has 1 aromatic heterocycles. The molecular weight excluding hydrogens is 240 g/mol. The van der Waals surface area contributed by atoms with Gasteiger partial charge in [0.1, 0.15) is 0 Å². The van der Waals surface area contributed by atoms with E-state index in [2.05, 4.69) is 47.0 Å². The van der Waals surface area contributed by atoms with Crippen LogP contribution in [0.1, 0.15) is 11.1 Å². The number of rotatable bonds is 1. The molecule has 0 aliphatic carbocycles.